The Balaban J connectivity index is 1.59. The van der Waals surface area contributed by atoms with Crippen LogP contribution in [-0.4, -0.2) is 15.9 Å². The maximum atomic E-state index is 12.2. The third kappa shape index (κ3) is 3.28. The number of fused-ring (bicyclic) bond motifs is 3. The van der Waals surface area contributed by atoms with Crippen LogP contribution >= 0.6 is 34.3 Å². The molecular weight excluding hydrogens is 374 g/mol. The molecule has 0 aliphatic rings. The molecule has 0 radical (unpaired) electrons. The van der Waals surface area contributed by atoms with Gasteiger partial charge in [0, 0.05) is 11.1 Å². The number of nitrogens with zero attached hydrogens (tertiary/aromatic N) is 2. The number of carbonyl (C=O) groups excluding carboxylic acids is 1. The van der Waals surface area contributed by atoms with E-state index in [9.17, 15) is 4.79 Å². The highest BCUT2D eigenvalue weighted by molar-refractivity contribution is 7.24. The molecule has 4 aromatic rings. The van der Waals surface area contributed by atoms with Gasteiger partial charge in [-0.2, -0.15) is 0 Å². The van der Waals surface area contributed by atoms with Crippen LogP contribution < -0.4 is 5.32 Å². The molecule has 124 valence electrons. The van der Waals surface area contributed by atoms with E-state index in [1.165, 1.54) is 17.4 Å². The molecule has 2 aromatic heterocycles. The SMILES string of the molecule is Cc1nc2c(ccc3nc(NC(=O)C=Cc4ccccc4Cl)sc32)s1. The molecule has 0 saturated carbocycles. The lowest BCUT2D eigenvalue weighted by Gasteiger charge is -1.97. The number of carbonyl (C=O) groups is 1. The van der Waals surface area contributed by atoms with Gasteiger partial charge < -0.3 is 0 Å². The molecule has 7 heteroatoms. The van der Waals surface area contributed by atoms with Gasteiger partial charge in [-0.05, 0) is 36.8 Å². The van der Waals surface area contributed by atoms with E-state index in [1.807, 2.05) is 37.3 Å². The van der Waals surface area contributed by atoms with Gasteiger partial charge in [-0.3, -0.25) is 10.1 Å². The molecule has 0 aliphatic heterocycles. The summed E-state index contributed by atoms with van der Waals surface area (Å²) in [6.45, 7) is 1.99. The van der Waals surface area contributed by atoms with E-state index in [0.29, 0.717) is 10.2 Å². The molecular formula is C18H12ClN3OS2. The number of aryl methyl sites for hydroxylation is 1. The minimum Gasteiger partial charge on any atom is -0.298 e. The van der Waals surface area contributed by atoms with Crippen molar-refractivity contribution < 1.29 is 4.79 Å². The minimum atomic E-state index is -0.246. The predicted molar refractivity (Wildman–Crippen MR) is 107 cm³/mol. The van der Waals surface area contributed by atoms with Gasteiger partial charge in [0.15, 0.2) is 5.13 Å². The number of hydrogen-bond donors (Lipinski definition) is 1. The van der Waals surface area contributed by atoms with Gasteiger partial charge in [-0.25, -0.2) is 9.97 Å². The number of hydrogen-bond acceptors (Lipinski definition) is 5. The highest BCUT2D eigenvalue weighted by Crippen LogP contribution is 2.34. The van der Waals surface area contributed by atoms with Crippen molar-refractivity contribution in [2.75, 3.05) is 5.32 Å². The Morgan fingerprint density at radius 1 is 1.16 bits per heavy atom. The molecule has 4 nitrogen and oxygen atoms in total. The normalized spacial score (nSPS) is 11.6. The fraction of sp³-hybridized carbons (Fsp3) is 0.0556. The van der Waals surface area contributed by atoms with Crippen LogP contribution in [0.5, 0.6) is 0 Å². The van der Waals surface area contributed by atoms with E-state index < -0.39 is 0 Å². The second-order valence-electron chi connectivity index (χ2n) is 5.36. The largest absolute Gasteiger partial charge is 0.298 e. The van der Waals surface area contributed by atoms with Crippen LogP contribution in [0.4, 0.5) is 5.13 Å². The highest BCUT2D eigenvalue weighted by Gasteiger charge is 2.11. The third-order valence-corrected chi connectivity index (χ3v) is 5.84. The second-order valence-corrected chi connectivity index (χ2v) is 8.00. The van der Waals surface area contributed by atoms with Crippen molar-refractivity contribution in [2.45, 2.75) is 6.92 Å². The molecule has 0 atom stereocenters. The summed E-state index contributed by atoms with van der Waals surface area (Å²) in [4.78, 5) is 21.2. The smallest absolute Gasteiger partial charge is 0.250 e. The first-order chi connectivity index (χ1) is 12.1. The number of thiazole rings is 2. The molecule has 1 amide bonds. The number of amides is 1. The Hall–Kier alpha value is -2.28. The van der Waals surface area contributed by atoms with Gasteiger partial charge in [-0.1, -0.05) is 41.1 Å². The Morgan fingerprint density at radius 2 is 2.00 bits per heavy atom. The second kappa shape index (κ2) is 6.55. The molecule has 0 spiro atoms. The first kappa shape index (κ1) is 16.2. The molecule has 0 saturated heterocycles. The highest BCUT2D eigenvalue weighted by atomic mass is 35.5. The Bertz CT molecular complexity index is 1130. The third-order valence-electron chi connectivity index (χ3n) is 3.57. The first-order valence-electron chi connectivity index (χ1n) is 7.50. The molecule has 25 heavy (non-hydrogen) atoms. The van der Waals surface area contributed by atoms with Gasteiger partial charge >= 0.3 is 0 Å². The quantitative estimate of drug-likeness (QED) is 0.472. The van der Waals surface area contributed by atoms with Gasteiger partial charge in [0.25, 0.3) is 0 Å². The molecule has 0 fully saturated rings. The van der Waals surface area contributed by atoms with Crippen molar-refractivity contribution >= 4 is 71.8 Å². The molecule has 0 unspecified atom stereocenters. The summed E-state index contributed by atoms with van der Waals surface area (Å²) >= 11 is 9.17. The fourth-order valence-corrected chi connectivity index (χ4v) is 4.52. The van der Waals surface area contributed by atoms with Crippen molar-refractivity contribution in [3.8, 4) is 0 Å². The number of anilines is 1. The zero-order valence-electron chi connectivity index (χ0n) is 13.1. The summed E-state index contributed by atoms with van der Waals surface area (Å²) < 4.78 is 2.12. The zero-order valence-corrected chi connectivity index (χ0v) is 15.5. The van der Waals surface area contributed by atoms with E-state index >= 15 is 0 Å². The lowest BCUT2D eigenvalue weighted by atomic mass is 10.2. The average Bonchev–Trinajstić information content (AvgIpc) is 3.15. The van der Waals surface area contributed by atoms with Crippen molar-refractivity contribution in [1.29, 1.82) is 0 Å². The van der Waals surface area contributed by atoms with Crippen LogP contribution in [0.1, 0.15) is 10.6 Å². The molecule has 4 rings (SSSR count). The van der Waals surface area contributed by atoms with Crippen molar-refractivity contribution in [3.05, 3.63) is 58.1 Å². The Kier molecular flexibility index (Phi) is 4.25. The minimum absolute atomic E-state index is 0.246. The summed E-state index contributed by atoms with van der Waals surface area (Å²) in [6, 6.07) is 11.3. The van der Waals surface area contributed by atoms with E-state index in [4.69, 9.17) is 11.6 Å². The van der Waals surface area contributed by atoms with Crippen LogP contribution in [0.2, 0.25) is 5.02 Å². The van der Waals surface area contributed by atoms with Crippen LogP contribution in [0.25, 0.3) is 26.5 Å². The number of halogens is 1. The Morgan fingerprint density at radius 3 is 2.84 bits per heavy atom. The van der Waals surface area contributed by atoms with Crippen LogP contribution in [0.3, 0.4) is 0 Å². The zero-order chi connectivity index (χ0) is 17.4. The number of nitrogens with one attached hydrogen (secondary N) is 1. The number of aromatic nitrogens is 2. The van der Waals surface area contributed by atoms with Crippen LogP contribution in [0, 0.1) is 6.92 Å². The van der Waals surface area contributed by atoms with Crippen molar-refractivity contribution in [3.63, 3.8) is 0 Å². The van der Waals surface area contributed by atoms with Crippen molar-refractivity contribution in [1.82, 2.24) is 9.97 Å². The van der Waals surface area contributed by atoms with Crippen LogP contribution in [0.15, 0.2) is 42.5 Å². The van der Waals surface area contributed by atoms with Gasteiger partial charge in [0.05, 0.1) is 19.9 Å². The molecule has 2 heterocycles. The number of benzene rings is 2. The van der Waals surface area contributed by atoms with E-state index in [2.05, 4.69) is 15.3 Å². The standard InChI is InChI=1S/C18H12ClN3OS2/c1-10-20-16-14(24-10)8-7-13-17(16)25-18(21-13)22-15(23)9-6-11-4-2-3-5-12(11)19/h2-9H,1H3,(H,21,22,23). The maximum absolute atomic E-state index is 12.2. The average molecular weight is 386 g/mol. The topological polar surface area (TPSA) is 54.9 Å². The summed E-state index contributed by atoms with van der Waals surface area (Å²) in [5, 5.41) is 4.99. The Labute approximate surface area is 156 Å². The molecule has 1 N–H and O–H groups in total. The summed E-state index contributed by atoms with van der Waals surface area (Å²) in [5.74, 6) is -0.246. The lowest BCUT2D eigenvalue weighted by Crippen LogP contribution is -2.07. The van der Waals surface area contributed by atoms with Gasteiger partial charge in [0.2, 0.25) is 5.91 Å². The fourth-order valence-electron chi connectivity index (χ4n) is 2.46. The molecule has 0 aliphatic carbocycles. The first-order valence-corrected chi connectivity index (χ1v) is 9.51. The van der Waals surface area contributed by atoms with E-state index in [0.717, 1.165) is 31.0 Å². The van der Waals surface area contributed by atoms with Gasteiger partial charge in [0.1, 0.15) is 5.52 Å². The predicted octanol–water partition coefficient (Wildman–Crippen LogP) is 5.52. The molecule has 0 bridgehead atoms. The molecule has 2 aromatic carbocycles. The van der Waals surface area contributed by atoms with E-state index in [1.54, 1.807) is 23.5 Å². The van der Waals surface area contributed by atoms with E-state index in [-0.39, 0.29) is 5.91 Å². The summed E-state index contributed by atoms with van der Waals surface area (Å²) in [6.07, 6.45) is 3.14. The number of rotatable bonds is 3. The van der Waals surface area contributed by atoms with Crippen LogP contribution in [-0.2, 0) is 4.79 Å². The van der Waals surface area contributed by atoms with Crippen molar-refractivity contribution in [2.24, 2.45) is 0 Å². The monoisotopic (exact) mass is 385 g/mol. The lowest BCUT2D eigenvalue weighted by molar-refractivity contribution is -0.111. The summed E-state index contributed by atoms with van der Waals surface area (Å²) in [7, 11) is 0. The van der Waals surface area contributed by atoms with Gasteiger partial charge in [-0.15, -0.1) is 11.3 Å². The summed E-state index contributed by atoms with van der Waals surface area (Å²) in [5.41, 5.74) is 2.58. The maximum Gasteiger partial charge on any atom is 0.250 e.